The molecule has 0 aliphatic carbocycles. The molecule has 4 aromatic rings. The van der Waals surface area contributed by atoms with Crippen molar-refractivity contribution in [3.63, 3.8) is 0 Å². The zero-order valence-corrected chi connectivity index (χ0v) is 15.0. The smallest absolute Gasteiger partial charge is 0.162 e. The topological polar surface area (TPSA) is 44.8 Å². The fraction of sp³-hybridized carbons (Fsp3) is 0.182. The molecular weight excluding hydrogens is 339 g/mol. The number of H-pyrrole nitrogens is 1. The van der Waals surface area contributed by atoms with E-state index in [1.165, 1.54) is 10.9 Å². The van der Waals surface area contributed by atoms with E-state index < -0.39 is 0 Å². The maximum absolute atomic E-state index is 15.4. The number of fused-ring (bicyclic) bond motifs is 2. The molecule has 5 heteroatoms. The van der Waals surface area contributed by atoms with E-state index in [4.69, 9.17) is 0 Å². The van der Waals surface area contributed by atoms with E-state index in [1.54, 1.807) is 18.5 Å². The fourth-order valence-corrected chi connectivity index (χ4v) is 4.05. The van der Waals surface area contributed by atoms with Crippen LogP contribution in [-0.4, -0.2) is 33.4 Å². The number of aromatic nitrogens is 3. The van der Waals surface area contributed by atoms with Crippen LogP contribution in [0.15, 0.2) is 61.1 Å². The molecule has 2 aromatic carbocycles. The molecule has 0 radical (unpaired) electrons. The van der Waals surface area contributed by atoms with Gasteiger partial charge in [-0.15, -0.1) is 0 Å². The van der Waals surface area contributed by atoms with E-state index in [2.05, 4.69) is 44.1 Å². The third kappa shape index (κ3) is 2.71. The van der Waals surface area contributed by atoms with E-state index in [-0.39, 0.29) is 11.7 Å². The average Bonchev–Trinajstić information content (AvgIpc) is 3.17. The Morgan fingerprint density at radius 1 is 1.11 bits per heavy atom. The monoisotopic (exact) mass is 358 g/mol. The van der Waals surface area contributed by atoms with Crippen molar-refractivity contribution in [3.8, 4) is 11.4 Å². The van der Waals surface area contributed by atoms with Gasteiger partial charge >= 0.3 is 0 Å². The molecule has 0 amide bonds. The summed E-state index contributed by atoms with van der Waals surface area (Å²) >= 11 is 0. The molecule has 1 N–H and O–H groups in total. The van der Waals surface area contributed by atoms with Gasteiger partial charge in [-0.2, -0.15) is 0 Å². The average molecular weight is 358 g/mol. The zero-order chi connectivity index (χ0) is 18.4. The molecule has 0 bridgehead atoms. The lowest BCUT2D eigenvalue weighted by molar-refractivity contribution is 0.289. The van der Waals surface area contributed by atoms with Crippen molar-refractivity contribution in [3.05, 3.63) is 83.6 Å². The number of hydrogen-bond acceptors (Lipinski definition) is 3. The van der Waals surface area contributed by atoms with Gasteiger partial charge in [0.25, 0.3) is 0 Å². The minimum absolute atomic E-state index is 0.131. The predicted octanol–water partition coefficient (Wildman–Crippen LogP) is 4.34. The van der Waals surface area contributed by atoms with Gasteiger partial charge in [0.15, 0.2) is 5.82 Å². The molecule has 4 nitrogen and oxygen atoms in total. The Morgan fingerprint density at radius 2 is 1.96 bits per heavy atom. The number of rotatable bonds is 2. The molecule has 0 saturated heterocycles. The Hall–Kier alpha value is -3.05. The second-order valence-electron chi connectivity index (χ2n) is 7.14. The Balaban J connectivity index is 1.64. The number of benzene rings is 2. The van der Waals surface area contributed by atoms with Gasteiger partial charge in [0.05, 0.1) is 5.56 Å². The van der Waals surface area contributed by atoms with Crippen molar-refractivity contribution < 1.29 is 4.39 Å². The summed E-state index contributed by atoms with van der Waals surface area (Å²) in [6.07, 6.45) is 5.23. The number of nitrogens with zero attached hydrogens (tertiary/aromatic N) is 3. The highest BCUT2D eigenvalue weighted by Crippen LogP contribution is 2.37. The van der Waals surface area contributed by atoms with Crippen LogP contribution in [0.5, 0.6) is 0 Å². The molecule has 1 aliphatic heterocycles. The molecular formula is C22H19FN4. The molecule has 1 aliphatic rings. The first-order valence-corrected chi connectivity index (χ1v) is 9.05. The number of halogens is 1. The molecule has 3 heterocycles. The lowest BCUT2D eigenvalue weighted by Crippen LogP contribution is -2.32. The third-order valence-electron chi connectivity index (χ3n) is 5.37. The molecule has 0 fully saturated rings. The first-order valence-electron chi connectivity index (χ1n) is 9.05. The van der Waals surface area contributed by atoms with Crippen molar-refractivity contribution in [1.82, 2.24) is 19.9 Å². The Labute approximate surface area is 156 Å². The van der Waals surface area contributed by atoms with Gasteiger partial charge in [-0.3, -0.25) is 0 Å². The van der Waals surface area contributed by atoms with Crippen LogP contribution in [0.1, 0.15) is 22.6 Å². The van der Waals surface area contributed by atoms with Crippen LogP contribution in [-0.2, 0) is 6.54 Å². The number of likely N-dealkylation sites (N-methyl/N-ethyl adjacent to an activating group) is 1. The summed E-state index contributed by atoms with van der Waals surface area (Å²) in [6, 6.07) is 14.1. The first kappa shape index (κ1) is 16.1. The van der Waals surface area contributed by atoms with Crippen LogP contribution in [0.3, 0.4) is 0 Å². The standard InChI is InChI=1S/C22H19FN4/c1-27-12-18(15-4-3-14-7-10-24-20(14)11-15)16-5-6-17(21(23)19(16)13-27)22-25-8-2-9-26-22/h2-11,18,24H,12-13H2,1H3. The van der Waals surface area contributed by atoms with E-state index in [0.717, 1.165) is 23.2 Å². The quantitative estimate of drug-likeness (QED) is 0.580. The van der Waals surface area contributed by atoms with Gasteiger partial charge in [0.1, 0.15) is 5.82 Å². The van der Waals surface area contributed by atoms with E-state index in [1.807, 2.05) is 25.4 Å². The van der Waals surface area contributed by atoms with Gasteiger partial charge in [0, 0.05) is 48.7 Å². The van der Waals surface area contributed by atoms with E-state index in [9.17, 15) is 0 Å². The molecule has 1 atom stereocenters. The lowest BCUT2D eigenvalue weighted by atomic mass is 9.83. The van der Waals surface area contributed by atoms with Crippen LogP contribution in [0.4, 0.5) is 4.39 Å². The molecule has 1 unspecified atom stereocenters. The molecule has 5 rings (SSSR count). The summed E-state index contributed by atoms with van der Waals surface area (Å²) < 4.78 is 15.4. The van der Waals surface area contributed by atoms with Gasteiger partial charge in [0.2, 0.25) is 0 Å². The molecule has 27 heavy (non-hydrogen) atoms. The van der Waals surface area contributed by atoms with Crippen molar-refractivity contribution in [2.24, 2.45) is 0 Å². The highest BCUT2D eigenvalue weighted by molar-refractivity contribution is 5.80. The van der Waals surface area contributed by atoms with Gasteiger partial charge < -0.3 is 9.88 Å². The second kappa shape index (κ2) is 6.28. The van der Waals surface area contributed by atoms with E-state index >= 15 is 4.39 Å². The first-order chi connectivity index (χ1) is 13.2. The van der Waals surface area contributed by atoms with Gasteiger partial charge in [-0.25, -0.2) is 14.4 Å². The number of hydrogen-bond donors (Lipinski definition) is 1. The van der Waals surface area contributed by atoms with Crippen molar-refractivity contribution in [2.45, 2.75) is 12.5 Å². The van der Waals surface area contributed by atoms with Crippen molar-refractivity contribution in [2.75, 3.05) is 13.6 Å². The summed E-state index contributed by atoms with van der Waals surface area (Å²) in [5.74, 6) is 0.346. The molecule has 0 spiro atoms. The zero-order valence-electron chi connectivity index (χ0n) is 15.0. The van der Waals surface area contributed by atoms with Gasteiger partial charge in [-0.05, 0) is 47.8 Å². The fourth-order valence-electron chi connectivity index (χ4n) is 4.05. The lowest BCUT2D eigenvalue weighted by Gasteiger charge is -2.33. The number of aromatic amines is 1. The van der Waals surface area contributed by atoms with Crippen LogP contribution in [0, 0.1) is 5.82 Å². The SMILES string of the molecule is CN1Cc2c(ccc(-c3ncccn3)c2F)C(c2ccc3cc[nH]c3c2)C1. The minimum Gasteiger partial charge on any atom is -0.361 e. The van der Waals surface area contributed by atoms with E-state index in [0.29, 0.717) is 17.9 Å². The third-order valence-corrected chi connectivity index (χ3v) is 5.37. The van der Waals surface area contributed by atoms with Gasteiger partial charge in [-0.1, -0.05) is 18.2 Å². The summed E-state index contributed by atoms with van der Waals surface area (Å²) in [5.41, 5.74) is 4.56. The highest BCUT2D eigenvalue weighted by atomic mass is 19.1. The largest absolute Gasteiger partial charge is 0.361 e. The Bertz CT molecular complexity index is 1120. The Kier molecular flexibility index (Phi) is 3.76. The maximum Gasteiger partial charge on any atom is 0.162 e. The molecule has 2 aromatic heterocycles. The normalized spacial score (nSPS) is 17.2. The summed E-state index contributed by atoms with van der Waals surface area (Å²) in [7, 11) is 2.04. The summed E-state index contributed by atoms with van der Waals surface area (Å²) in [6.45, 7) is 1.45. The minimum atomic E-state index is -0.212. The molecule has 134 valence electrons. The Morgan fingerprint density at radius 3 is 2.81 bits per heavy atom. The van der Waals surface area contributed by atoms with Crippen LogP contribution in [0.25, 0.3) is 22.3 Å². The summed E-state index contributed by atoms with van der Waals surface area (Å²) in [5, 5.41) is 1.19. The predicted molar refractivity (Wildman–Crippen MR) is 104 cm³/mol. The van der Waals surface area contributed by atoms with Crippen molar-refractivity contribution >= 4 is 10.9 Å². The van der Waals surface area contributed by atoms with Crippen LogP contribution in [0.2, 0.25) is 0 Å². The maximum atomic E-state index is 15.4. The molecule has 0 saturated carbocycles. The van der Waals surface area contributed by atoms with Crippen LogP contribution >= 0.6 is 0 Å². The highest BCUT2D eigenvalue weighted by Gasteiger charge is 2.29. The van der Waals surface area contributed by atoms with Crippen molar-refractivity contribution in [1.29, 1.82) is 0 Å². The second-order valence-corrected chi connectivity index (χ2v) is 7.14. The number of nitrogens with one attached hydrogen (secondary N) is 1. The van der Waals surface area contributed by atoms with Crippen LogP contribution < -0.4 is 0 Å². The summed E-state index contributed by atoms with van der Waals surface area (Å²) in [4.78, 5) is 13.9.